The molecule has 2 rings (SSSR count). The molecule has 5 heteroatoms. The average Bonchev–Trinajstić information content (AvgIpc) is 2.79. The predicted octanol–water partition coefficient (Wildman–Crippen LogP) is 1.24. The molecule has 1 aliphatic rings. The van der Waals surface area contributed by atoms with Crippen molar-refractivity contribution in [2.45, 2.75) is 38.0 Å². The molecule has 1 saturated heterocycles. The van der Waals surface area contributed by atoms with Crippen LogP contribution < -0.4 is 5.73 Å². The Labute approximate surface area is 95.3 Å². The maximum Gasteiger partial charge on any atom is 0.226 e. The van der Waals surface area contributed by atoms with Crippen LogP contribution in [0.15, 0.2) is 4.52 Å². The second-order valence-electron chi connectivity index (χ2n) is 4.21. The zero-order chi connectivity index (χ0) is 11.2. The fourth-order valence-corrected chi connectivity index (χ4v) is 1.90. The molecule has 1 aromatic rings. The molecule has 1 atom stereocenters. The first-order chi connectivity index (χ1) is 7.90. The molecule has 90 valence electrons. The molecule has 0 aromatic carbocycles. The molecule has 0 amide bonds. The van der Waals surface area contributed by atoms with Crippen molar-refractivity contribution in [3.8, 4) is 0 Å². The molecular weight excluding hydrogens is 206 g/mol. The van der Waals surface area contributed by atoms with E-state index in [0.29, 0.717) is 5.92 Å². The standard InChI is InChI=1S/C11H19N3O2/c12-6-2-1-5-10-13-11(14-16-10)9-4-3-7-15-8-9/h9H,1-8,12H2. The number of aromatic nitrogens is 2. The van der Waals surface area contributed by atoms with E-state index in [0.717, 1.165) is 63.6 Å². The van der Waals surface area contributed by atoms with Gasteiger partial charge in [0.1, 0.15) is 0 Å². The molecule has 5 nitrogen and oxygen atoms in total. The molecular formula is C11H19N3O2. The van der Waals surface area contributed by atoms with Gasteiger partial charge in [-0.25, -0.2) is 0 Å². The lowest BCUT2D eigenvalue weighted by Crippen LogP contribution is -2.16. The van der Waals surface area contributed by atoms with Crippen molar-refractivity contribution in [3.05, 3.63) is 11.7 Å². The van der Waals surface area contributed by atoms with Gasteiger partial charge in [0.05, 0.1) is 6.61 Å². The third-order valence-electron chi connectivity index (χ3n) is 2.85. The fourth-order valence-electron chi connectivity index (χ4n) is 1.90. The molecule has 1 unspecified atom stereocenters. The Morgan fingerprint density at radius 3 is 3.06 bits per heavy atom. The predicted molar refractivity (Wildman–Crippen MR) is 59.1 cm³/mol. The topological polar surface area (TPSA) is 74.2 Å². The van der Waals surface area contributed by atoms with Crippen LogP contribution in [0.2, 0.25) is 0 Å². The lowest BCUT2D eigenvalue weighted by atomic mass is 10.0. The van der Waals surface area contributed by atoms with Gasteiger partial charge in [-0.15, -0.1) is 0 Å². The van der Waals surface area contributed by atoms with E-state index in [-0.39, 0.29) is 0 Å². The van der Waals surface area contributed by atoms with Crippen molar-refractivity contribution >= 4 is 0 Å². The molecule has 0 radical (unpaired) electrons. The van der Waals surface area contributed by atoms with E-state index in [2.05, 4.69) is 10.1 Å². The summed E-state index contributed by atoms with van der Waals surface area (Å²) in [5, 5.41) is 4.02. The van der Waals surface area contributed by atoms with E-state index in [1.165, 1.54) is 0 Å². The lowest BCUT2D eigenvalue weighted by molar-refractivity contribution is 0.0773. The van der Waals surface area contributed by atoms with Crippen molar-refractivity contribution in [3.63, 3.8) is 0 Å². The van der Waals surface area contributed by atoms with E-state index < -0.39 is 0 Å². The van der Waals surface area contributed by atoms with Gasteiger partial charge in [0.2, 0.25) is 5.89 Å². The van der Waals surface area contributed by atoms with Crippen molar-refractivity contribution in [2.75, 3.05) is 19.8 Å². The first-order valence-corrected chi connectivity index (χ1v) is 6.00. The second-order valence-corrected chi connectivity index (χ2v) is 4.21. The Morgan fingerprint density at radius 2 is 2.31 bits per heavy atom. The van der Waals surface area contributed by atoms with Crippen LogP contribution in [-0.4, -0.2) is 29.9 Å². The van der Waals surface area contributed by atoms with E-state index in [1.54, 1.807) is 0 Å². The fraction of sp³-hybridized carbons (Fsp3) is 0.818. The van der Waals surface area contributed by atoms with Gasteiger partial charge in [0.15, 0.2) is 5.82 Å². The summed E-state index contributed by atoms with van der Waals surface area (Å²) in [6.45, 7) is 2.30. The van der Waals surface area contributed by atoms with E-state index >= 15 is 0 Å². The molecule has 1 fully saturated rings. The molecule has 2 heterocycles. The minimum absolute atomic E-state index is 0.320. The van der Waals surface area contributed by atoms with Crippen LogP contribution in [-0.2, 0) is 11.2 Å². The van der Waals surface area contributed by atoms with E-state index in [1.807, 2.05) is 0 Å². The smallest absolute Gasteiger partial charge is 0.226 e. The number of nitrogens with zero attached hydrogens (tertiary/aromatic N) is 2. The summed E-state index contributed by atoms with van der Waals surface area (Å²) in [7, 11) is 0. The zero-order valence-electron chi connectivity index (χ0n) is 9.52. The largest absolute Gasteiger partial charge is 0.381 e. The number of hydrogen-bond acceptors (Lipinski definition) is 5. The van der Waals surface area contributed by atoms with Gasteiger partial charge in [0, 0.05) is 18.9 Å². The molecule has 0 bridgehead atoms. The summed E-state index contributed by atoms with van der Waals surface area (Å²) in [5.74, 6) is 1.86. The van der Waals surface area contributed by atoms with Crippen LogP contribution in [0.1, 0.15) is 43.3 Å². The lowest BCUT2D eigenvalue weighted by Gasteiger charge is -2.18. The molecule has 1 aliphatic heterocycles. The Balaban J connectivity index is 1.85. The first-order valence-electron chi connectivity index (χ1n) is 6.00. The summed E-state index contributed by atoms with van der Waals surface area (Å²) in [6.07, 6.45) is 5.03. The minimum Gasteiger partial charge on any atom is -0.381 e. The van der Waals surface area contributed by atoms with Gasteiger partial charge < -0.3 is 15.0 Å². The van der Waals surface area contributed by atoms with Gasteiger partial charge >= 0.3 is 0 Å². The highest BCUT2D eigenvalue weighted by atomic mass is 16.5. The van der Waals surface area contributed by atoms with Crippen molar-refractivity contribution < 1.29 is 9.26 Å². The molecule has 1 aromatic heterocycles. The van der Waals surface area contributed by atoms with Crippen molar-refractivity contribution in [1.82, 2.24) is 10.1 Å². The third-order valence-corrected chi connectivity index (χ3v) is 2.85. The van der Waals surface area contributed by atoms with Gasteiger partial charge in [-0.3, -0.25) is 0 Å². The molecule has 16 heavy (non-hydrogen) atoms. The van der Waals surface area contributed by atoms with Crippen LogP contribution in [0.5, 0.6) is 0 Å². The van der Waals surface area contributed by atoms with Crippen LogP contribution in [0.25, 0.3) is 0 Å². The number of nitrogens with two attached hydrogens (primary N) is 1. The summed E-state index contributed by atoms with van der Waals surface area (Å²) in [5.41, 5.74) is 5.43. The van der Waals surface area contributed by atoms with Gasteiger partial charge in [-0.05, 0) is 32.2 Å². The van der Waals surface area contributed by atoms with Gasteiger partial charge in [-0.2, -0.15) is 4.98 Å². The Morgan fingerprint density at radius 1 is 1.38 bits per heavy atom. The highest BCUT2D eigenvalue weighted by Gasteiger charge is 2.21. The quantitative estimate of drug-likeness (QED) is 0.763. The number of rotatable bonds is 5. The van der Waals surface area contributed by atoms with Crippen molar-refractivity contribution in [1.29, 1.82) is 0 Å². The van der Waals surface area contributed by atoms with E-state index in [9.17, 15) is 0 Å². The number of ether oxygens (including phenoxy) is 1. The Hall–Kier alpha value is -0.940. The monoisotopic (exact) mass is 225 g/mol. The molecule has 2 N–H and O–H groups in total. The normalized spacial score (nSPS) is 21.2. The number of aryl methyl sites for hydroxylation is 1. The average molecular weight is 225 g/mol. The molecule has 0 spiro atoms. The third kappa shape index (κ3) is 3.02. The second kappa shape index (κ2) is 5.96. The minimum atomic E-state index is 0.320. The highest BCUT2D eigenvalue weighted by molar-refractivity contribution is 4.96. The summed E-state index contributed by atoms with van der Waals surface area (Å²) >= 11 is 0. The van der Waals surface area contributed by atoms with Crippen LogP contribution in [0, 0.1) is 0 Å². The van der Waals surface area contributed by atoms with Crippen LogP contribution >= 0.6 is 0 Å². The SMILES string of the molecule is NCCCCc1nc(C2CCCOC2)no1. The van der Waals surface area contributed by atoms with Gasteiger partial charge in [0.25, 0.3) is 0 Å². The zero-order valence-corrected chi connectivity index (χ0v) is 9.52. The first kappa shape index (κ1) is 11.5. The summed E-state index contributed by atoms with van der Waals surface area (Å²) in [4.78, 5) is 4.41. The summed E-state index contributed by atoms with van der Waals surface area (Å²) in [6, 6.07) is 0. The summed E-state index contributed by atoms with van der Waals surface area (Å²) < 4.78 is 10.6. The molecule has 0 saturated carbocycles. The van der Waals surface area contributed by atoms with Crippen LogP contribution in [0.4, 0.5) is 0 Å². The van der Waals surface area contributed by atoms with Crippen LogP contribution in [0.3, 0.4) is 0 Å². The highest BCUT2D eigenvalue weighted by Crippen LogP contribution is 2.22. The Kier molecular flexibility index (Phi) is 4.30. The Bertz CT molecular complexity index is 308. The maximum atomic E-state index is 5.43. The van der Waals surface area contributed by atoms with Crippen molar-refractivity contribution in [2.24, 2.45) is 5.73 Å². The van der Waals surface area contributed by atoms with E-state index in [4.69, 9.17) is 15.0 Å². The van der Waals surface area contributed by atoms with Gasteiger partial charge in [-0.1, -0.05) is 5.16 Å². The maximum absolute atomic E-state index is 5.43. The molecule has 0 aliphatic carbocycles. The number of hydrogen-bond donors (Lipinski definition) is 1. The number of unbranched alkanes of at least 4 members (excludes halogenated alkanes) is 1.